The van der Waals surface area contributed by atoms with Crippen molar-refractivity contribution in [3.05, 3.63) is 53.0 Å². The summed E-state index contributed by atoms with van der Waals surface area (Å²) in [6, 6.07) is 15.8. The highest BCUT2D eigenvalue weighted by Gasteiger charge is 2.10. The van der Waals surface area contributed by atoms with Gasteiger partial charge in [-0.2, -0.15) is 0 Å². The van der Waals surface area contributed by atoms with Crippen LogP contribution in [0.25, 0.3) is 22.3 Å². The van der Waals surface area contributed by atoms with Crippen molar-refractivity contribution < 1.29 is 8.42 Å². The van der Waals surface area contributed by atoms with Gasteiger partial charge in [0.05, 0.1) is 11.8 Å². The van der Waals surface area contributed by atoms with Gasteiger partial charge in [-0.1, -0.05) is 46.3 Å². The standard InChI is InChI=1S/C18H18BrN3O2S2/c1-26(23,24)20-11-4-12-25-18-15-5-2-3-6-16(15)21-17(22-18)13-7-9-14(19)10-8-13/h2-3,5-10,20H,4,11-12H2,1H3. The lowest BCUT2D eigenvalue weighted by Crippen LogP contribution is -2.23. The highest BCUT2D eigenvalue weighted by Crippen LogP contribution is 2.29. The summed E-state index contributed by atoms with van der Waals surface area (Å²) in [5.41, 5.74) is 1.86. The maximum absolute atomic E-state index is 11.1. The molecule has 1 N–H and O–H groups in total. The van der Waals surface area contributed by atoms with Gasteiger partial charge in [0.2, 0.25) is 10.0 Å². The summed E-state index contributed by atoms with van der Waals surface area (Å²) in [6.45, 7) is 0.425. The first-order valence-corrected chi connectivity index (χ1v) is 11.7. The van der Waals surface area contributed by atoms with Gasteiger partial charge in [0.15, 0.2) is 5.82 Å². The maximum Gasteiger partial charge on any atom is 0.208 e. The average Bonchev–Trinajstić information content (AvgIpc) is 2.61. The first-order chi connectivity index (χ1) is 12.4. The zero-order chi connectivity index (χ0) is 18.6. The van der Waals surface area contributed by atoms with E-state index in [0.717, 1.165) is 38.1 Å². The lowest BCUT2D eigenvalue weighted by molar-refractivity contribution is 0.587. The van der Waals surface area contributed by atoms with Gasteiger partial charge < -0.3 is 0 Å². The lowest BCUT2D eigenvalue weighted by Gasteiger charge is -2.09. The molecule has 3 aromatic rings. The minimum absolute atomic E-state index is 0.425. The Labute approximate surface area is 165 Å². The van der Waals surface area contributed by atoms with Crippen LogP contribution in [-0.4, -0.2) is 36.9 Å². The van der Waals surface area contributed by atoms with E-state index >= 15 is 0 Å². The zero-order valence-electron chi connectivity index (χ0n) is 14.1. The Kier molecular flexibility index (Phi) is 6.29. The van der Waals surface area contributed by atoms with Gasteiger partial charge in [-0.3, -0.25) is 0 Å². The Morgan fingerprint density at radius 3 is 2.54 bits per heavy atom. The lowest BCUT2D eigenvalue weighted by atomic mass is 10.2. The molecule has 0 saturated carbocycles. The zero-order valence-corrected chi connectivity index (χ0v) is 17.4. The van der Waals surface area contributed by atoms with Gasteiger partial charge in [0.25, 0.3) is 0 Å². The number of aromatic nitrogens is 2. The van der Waals surface area contributed by atoms with Crippen LogP contribution in [-0.2, 0) is 10.0 Å². The van der Waals surface area contributed by atoms with Crippen LogP contribution in [0, 0.1) is 0 Å². The molecule has 0 bridgehead atoms. The summed E-state index contributed by atoms with van der Waals surface area (Å²) in [5.74, 6) is 1.46. The van der Waals surface area contributed by atoms with E-state index in [1.807, 2.05) is 48.5 Å². The Balaban J connectivity index is 1.82. The molecule has 136 valence electrons. The van der Waals surface area contributed by atoms with Crippen molar-refractivity contribution >= 4 is 48.6 Å². The molecule has 1 aromatic heterocycles. The van der Waals surface area contributed by atoms with Crippen LogP contribution >= 0.6 is 27.7 Å². The van der Waals surface area contributed by atoms with E-state index in [2.05, 4.69) is 25.6 Å². The average molecular weight is 452 g/mol. The highest BCUT2D eigenvalue weighted by atomic mass is 79.9. The van der Waals surface area contributed by atoms with Crippen LogP contribution in [0.15, 0.2) is 58.0 Å². The molecule has 0 spiro atoms. The van der Waals surface area contributed by atoms with Gasteiger partial charge in [0.1, 0.15) is 5.03 Å². The van der Waals surface area contributed by atoms with E-state index in [4.69, 9.17) is 4.98 Å². The predicted molar refractivity (Wildman–Crippen MR) is 111 cm³/mol. The number of hydrogen-bond donors (Lipinski definition) is 1. The second kappa shape index (κ2) is 8.47. The normalized spacial score (nSPS) is 11.8. The fraction of sp³-hybridized carbons (Fsp3) is 0.222. The molecule has 0 saturated heterocycles. The number of sulfonamides is 1. The molecule has 1 heterocycles. The van der Waals surface area contributed by atoms with E-state index in [-0.39, 0.29) is 0 Å². The summed E-state index contributed by atoms with van der Waals surface area (Å²) >= 11 is 5.06. The number of fused-ring (bicyclic) bond motifs is 1. The number of thioether (sulfide) groups is 1. The van der Waals surface area contributed by atoms with E-state index in [9.17, 15) is 8.42 Å². The van der Waals surface area contributed by atoms with Crippen molar-refractivity contribution in [2.75, 3.05) is 18.6 Å². The van der Waals surface area contributed by atoms with Crippen molar-refractivity contribution in [3.8, 4) is 11.4 Å². The number of halogens is 1. The third kappa shape index (κ3) is 5.26. The molecule has 5 nitrogen and oxygen atoms in total. The molecule has 0 aliphatic rings. The molecular formula is C18H18BrN3O2S2. The molecule has 0 fully saturated rings. The van der Waals surface area contributed by atoms with Crippen molar-refractivity contribution in [2.45, 2.75) is 11.4 Å². The van der Waals surface area contributed by atoms with Crippen LogP contribution in [0.4, 0.5) is 0 Å². The quantitative estimate of drug-likeness (QED) is 0.332. The van der Waals surface area contributed by atoms with Gasteiger partial charge >= 0.3 is 0 Å². The topological polar surface area (TPSA) is 72.0 Å². The van der Waals surface area contributed by atoms with Crippen molar-refractivity contribution in [2.24, 2.45) is 0 Å². The molecule has 26 heavy (non-hydrogen) atoms. The molecule has 8 heteroatoms. The van der Waals surface area contributed by atoms with Crippen LogP contribution in [0.1, 0.15) is 6.42 Å². The number of nitrogens with one attached hydrogen (secondary N) is 1. The minimum Gasteiger partial charge on any atom is -0.228 e. The molecule has 0 aliphatic heterocycles. The van der Waals surface area contributed by atoms with Crippen LogP contribution in [0.5, 0.6) is 0 Å². The smallest absolute Gasteiger partial charge is 0.208 e. The van der Waals surface area contributed by atoms with Crippen LogP contribution < -0.4 is 4.72 Å². The van der Waals surface area contributed by atoms with Crippen molar-refractivity contribution in [1.82, 2.24) is 14.7 Å². The summed E-state index contributed by atoms with van der Waals surface area (Å²) in [6.07, 6.45) is 1.90. The second-order valence-electron chi connectivity index (χ2n) is 5.74. The third-order valence-electron chi connectivity index (χ3n) is 3.59. The molecule has 2 aromatic carbocycles. The largest absolute Gasteiger partial charge is 0.228 e. The van der Waals surface area contributed by atoms with E-state index in [1.54, 1.807) is 11.8 Å². The molecule has 3 rings (SSSR count). The van der Waals surface area contributed by atoms with Crippen LogP contribution in [0.3, 0.4) is 0 Å². The van der Waals surface area contributed by atoms with Gasteiger partial charge in [-0.25, -0.2) is 23.1 Å². The monoisotopic (exact) mass is 451 g/mol. The SMILES string of the molecule is CS(=O)(=O)NCCCSc1nc(-c2ccc(Br)cc2)nc2ccccc12. The van der Waals surface area contributed by atoms with E-state index in [0.29, 0.717) is 12.4 Å². The van der Waals surface area contributed by atoms with Crippen molar-refractivity contribution in [3.63, 3.8) is 0 Å². The van der Waals surface area contributed by atoms with Crippen molar-refractivity contribution in [1.29, 1.82) is 0 Å². The molecule has 0 unspecified atom stereocenters. The maximum atomic E-state index is 11.1. The Hall–Kier alpha value is -1.48. The molecule has 0 amide bonds. The summed E-state index contributed by atoms with van der Waals surface area (Å²) in [5, 5.41) is 1.92. The number of benzene rings is 2. The summed E-state index contributed by atoms with van der Waals surface area (Å²) in [4.78, 5) is 9.43. The fourth-order valence-corrected chi connectivity index (χ4v) is 4.12. The number of nitrogens with zero attached hydrogens (tertiary/aromatic N) is 2. The Bertz CT molecular complexity index is 1010. The number of para-hydroxylation sites is 1. The van der Waals surface area contributed by atoms with Gasteiger partial charge in [-0.05, 0) is 24.6 Å². The summed E-state index contributed by atoms with van der Waals surface area (Å²) in [7, 11) is -3.14. The van der Waals surface area contributed by atoms with E-state index in [1.165, 1.54) is 6.26 Å². The fourth-order valence-electron chi connectivity index (χ4n) is 2.38. The highest BCUT2D eigenvalue weighted by molar-refractivity contribution is 9.10. The predicted octanol–water partition coefficient (Wildman–Crippen LogP) is 4.09. The van der Waals surface area contributed by atoms with Gasteiger partial charge in [0, 0.05) is 27.7 Å². The van der Waals surface area contributed by atoms with E-state index < -0.39 is 10.0 Å². The van der Waals surface area contributed by atoms with Gasteiger partial charge in [-0.15, -0.1) is 11.8 Å². The first-order valence-electron chi connectivity index (χ1n) is 8.02. The second-order valence-corrected chi connectivity index (χ2v) is 9.58. The Morgan fingerprint density at radius 1 is 1.08 bits per heavy atom. The summed E-state index contributed by atoms with van der Waals surface area (Å²) < 4.78 is 25.8. The number of rotatable bonds is 7. The Morgan fingerprint density at radius 2 is 1.81 bits per heavy atom. The third-order valence-corrected chi connectivity index (χ3v) is 5.93. The first kappa shape index (κ1) is 19.3. The molecule has 0 aliphatic carbocycles. The molecular weight excluding hydrogens is 434 g/mol. The number of hydrogen-bond acceptors (Lipinski definition) is 5. The molecule has 0 atom stereocenters. The van der Waals surface area contributed by atoms with Crippen LogP contribution in [0.2, 0.25) is 0 Å². The molecule has 0 radical (unpaired) electrons. The minimum atomic E-state index is -3.14.